The van der Waals surface area contributed by atoms with Crippen molar-refractivity contribution in [1.29, 1.82) is 0 Å². The van der Waals surface area contributed by atoms with Gasteiger partial charge in [0, 0.05) is 23.0 Å². The molecule has 0 aliphatic heterocycles. The highest BCUT2D eigenvalue weighted by Gasteiger charge is 2.19. The van der Waals surface area contributed by atoms with Gasteiger partial charge in [-0.3, -0.25) is 0 Å². The predicted octanol–water partition coefficient (Wildman–Crippen LogP) is 5.31. The molecule has 0 fully saturated rings. The van der Waals surface area contributed by atoms with Gasteiger partial charge in [0.1, 0.15) is 5.75 Å². The first-order valence-corrected chi connectivity index (χ1v) is 7.81. The van der Waals surface area contributed by atoms with Crippen molar-refractivity contribution in [2.24, 2.45) is 0 Å². The van der Waals surface area contributed by atoms with E-state index in [2.05, 4.69) is 62.3 Å². The zero-order chi connectivity index (χ0) is 15.5. The Morgan fingerprint density at radius 1 is 1.05 bits per heavy atom. The molecular formula is C20H22NO. The summed E-state index contributed by atoms with van der Waals surface area (Å²) >= 11 is 0. The van der Waals surface area contributed by atoms with E-state index in [1.807, 2.05) is 18.2 Å². The zero-order valence-electron chi connectivity index (χ0n) is 13.2. The number of rotatable bonds is 5. The number of benzene rings is 2. The van der Waals surface area contributed by atoms with Crippen LogP contribution in [-0.4, -0.2) is 11.1 Å². The predicted molar refractivity (Wildman–Crippen MR) is 92.3 cm³/mol. The molecule has 3 aromatic rings. The van der Waals surface area contributed by atoms with Crippen LogP contribution < -0.4 is 4.74 Å². The van der Waals surface area contributed by atoms with Crippen LogP contribution in [0.3, 0.4) is 0 Å². The van der Waals surface area contributed by atoms with Crippen molar-refractivity contribution in [3.8, 4) is 5.75 Å². The molecule has 113 valence electrons. The first-order chi connectivity index (χ1) is 10.7. The van der Waals surface area contributed by atoms with E-state index < -0.39 is 0 Å². The summed E-state index contributed by atoms with van der Waals surface area (Å²) in [6, 6.07) is 16.7. The van der Waals surface area contributed by atoms with Gasteiger partial charge in [-0.2, -0.15) is 0 Å². The van der Waals surface area contributed by atoms with Crippen LogP contribution in [0.1, 0.15) is 37.3 Å². The number of fused-ring (bicyclic) bond motifs is 1. The molecule has 1 aromatic heterocycles. The Bertz CT molecular complexity index is 743. The second kappa shape index (κ2) is 6.27. The smallest absolute Gasteiger partial charge is 0.129 e. The van der Waals surface area contributed by atoms with E-state index in [-0.39, 0.29) is 12.0 Å². The fourth-order valence-corrected chi connectivity index (χ4v) is 2.99. The summed E-state index contributed by atoms with van der Waals surface area (Å²) < 4.78 is 6.02. The minimum atomic E-state index is 0.156. The Hall–Kier alpha value is -2.22. The first-order valence-electron chi connectivity index (χ1n) is 7.81. The maximum absolute atomic E-state index is 6.02. The number of aromatic nitrogens is 1. The van der Waals surface area contributed by atoms with Crippen molar-refractivity contribution in [3.63, 3.8) is 0 Å². The molecule has 1 heterocycles. The molecule has 0 saturated heterocycles. The second-order valence-corrected chi connectivity index (χ2v) is 5.84. The summed E-state index contributed by atoms with van der Waals surface area (Å²) in [6.45, 7) is 8.27. The van der Waals surface area contributed by atoms with Crippen LogP contribution in [0.2, 0.25) is 0 Å². The summed E-state index contributed by atoms with van der Waals surface area (Å²) in [5, 5.41) is 1.17. The van der Waals surface area contributed by atoms with E-state index in [4.69, 9.17) is 4.74 Å². The fourth-order valence-electron chi connectivity index (χ4n) is 2.99. The van der Waals surface area contributed by atoms with Crippen molar-refractivity contribution in [3.05, 3.63) is 72.8 Å². The number of H-pyrrole nitrogens is 1. The number of hydrogen-bond donors (Lipinski definition) is 1. The third kappa shape index (κ3) is 2.74. The van der Waals surface area contributed by atoms with Gasteiger partial charge in [0.05, 0.1) is 6.10 Å². The minimum Gasteiger partial charge on any atom is -0.490 e. The molecular weight excluding hydrogens is 270 g/mol. The Labute approximate surface area is 132 Å². The van der Waals surface area contributed by atoms with Crippen molar-refractivity contribution in [1.82, 2.24) is 4.98 Å². The van der Waals surface area contributed by atoms with Crippen LogP contribution in [-0.2, 0) is 0 Å². The van der Waals surface area contributed by atoms with Gasteiger partial charge in [-0.05, 0) is 43.5 Å². The standard InChI is InChI=1S/C20H22NO/c1-4-16(15-9-6-5-7-10-15)17-13-21-18-11-8-12-19(20(17)18)22-14(2)3/h5-14,16,21H,1,4H2,2-3H3/t16-/m1/s1. The average molecular weight is 292 g/mol. The van der Waals surface area contributed by atoms with E-state index in [1.54, 1.807) is 0 Å². The highest BCUT2D eigenvalue weighted by atomic mass is 16.5. The molecule has 0 spiro atoms. The normalized spacial score (nSPS) is 12.7. The van der Waals surface area contributed by atoms with Gasteiger partial charge in [-0.15, -0.1) is 0 Å². The van der Waals surface area contributed by atoms with Crippen LogP contribution in [0.4, 0.5) is 0 Å². The van der Waals surface area contributed by atoms with Gasteiger partial charge in [0.15, 0.2) is 0 Å². The Kier molecular flexibility index (Phi) is 4.19. The van der Waals surface area contributed by atoms with Gasteiger partial charge in [0.25, 0.3) is 0 Å². The molecule has 0 aliphatic rings. The summed E-state index contributed by atoms with van der Waals surface area (Å²) in [4.78, 5) is 3.38. The summed E-state index contributed by atoms with van der Waals surface area (Å²) in [6.07, 6.45) is 3.07. The van der Waals surface area contributed by atoms with Crippen LogP contribution in [0.5, 0.6) is 5.75 Å². The summed E-state index contributed by atoms with van der Waals surface area (Å²) in [7, 11) is 0. The number of ether oxygens (including phenoxy) is 1. The van der Waals surface area contributed by atoms with E-state index >= 15 is 0 Å². The maximum Gasteiger partial charge on any atom is 0.129 e. The molecule has 2 aromatic carbocycles. The minimum absolute atomic E-state index is 0.156. The Morgan fingerprint density at radius 3 is 2.50 bits per heavy atom. The largest absolute Gasteiger partial charge is 0.490 e. The lowest BCUT2D eigenvalue weighted by atomic mass is 9.89. The second-order valence-electron chi connectivity index (χ2n) is 5.84. The van der Waals surface area contributed by atoms with Gasteiger partial charge in [0.2, 0.25) is 0 Å². The molecule has 2 nitrogen and oxygen atoms in total. The molecule has 2 heteroatoms. The van der Waals surface area contributed by atoms with Gasteiger partial charge in [-0.25, -0.2) is 0 Å². The zero-order valence-corrected chi connectivity index (χ0v) is 13.2. The molecule has 0 aliphatic carbocycles. The number of hydrogen-bond acceptors (Lipinski definition) is 1. The lowest BCUT2D eigenvalue weighted by molar-refractivity contribution is 0.245. The number of nitrogens with one attached hydrogen (secondary N) is 1. The topological polar surface area (TPSA) is 25.0 Å². The Balaban J connectivity index is 2.13. The summed E-state index contributed by atoms with van der Waals surface area (Å²) in [5.41, 5.74) is 3.66. The van der Waals surface area contributed by atoms with Gasteiger partial charge < -0.3 is 9.72 Å². The van der Waals surface area contributed by atoms with Crippen LogP contribution >= 0.6 is 0 Å². The monoisotopic (exact) mass is 292 g/mol. The molecule has 1 N–H and O–H groups in total. The van der Waals surface area contributed by atoms with Crippen LogP contribution in [0.25, 0.3) is 10.9 Å². The molecule has 0 unspecified atom stereocenters. The third-order valence-electron chi connectivity index (χ3n) is 3.93. The molecule has 0 amide bonds. The SMILES string of the molecule is [CH2]C[C@H](c1ccccc1)c1c[nH]c2cccc(OC(C)C)c12. The molecule has 3 rings (SSSR count). The number of aromatic amines is 1. The van der Waals surface area contributed by atoms with E-state index in [0.29, 0.717) is 0 Å². The third-order valence-corrected chi connectivity index (χ3v) is 3.93. The van der Waals surface area contributed by atoms with Gasteiger partial charge >= 0.3 is 0 Å². The molecule has 0 saturated carbocycles. The highest BCUT2D eigenvalue weighted by Crippen LogP contribution is 2.37. The van der Waals surface area contributed by atoms with E-state index in [1.165, 1.54) is 16.5 Å². The quantitative estimate of drug-likeness (QED) is 0.677. The Morgan fingerprint density at radius 2 is 1.82 bits per heavy atom. The van der Waals surface area contributed by atoms with E-state index in [0.717, 1.165) is 17.7 Å². The van der Waals surface area contributed by atoms with Gasteiger partial charge in [-0.1, -0.05) is 43.3 Å². The summed E-state index contributed by atoms with van der Waals surface area (Å²) in [5.74, 6) is 1.21. The fraction of sp³-hybridized carbons (Fsp3) is 0.250. The lowest BCUT2D eigenvalue weighted by Crippen LogP contribution is -2.06. The highest BCUT2D eigenvalue weighted by molar-refractivity contribution is 5.90. The lowest BCUT2D eigenvalue weighted by Gasteiger charge is -2.17. The molecule has 0 bridgehead atoms. The molecule has 1 atom stereocenters. The first kappa shape index (κ1) is 14.7. The van der Waals surface area contributed by atoms with E-state index in [9.17, 15) is 0 Å². The maximum atomic E-state index is 6.02. The molecule has 1 radical (unpaired) electrons. The van der Waals surface area contributed by atoms with Crippen molar-refractivity contribution in [2.45, 2.75) is 32.3 Å². The van der Waals surface area contributed by atoms with Crippen LogP contribution in [0.15, 0.2) is 54.7 Å². The van der Waals surface area contributed by atoms with Crippen molar-refractivity contribution in [2.75, 3.05) is 0 Å². The van der Waals surface area contributed by atoms with Crippen molar-refractivity contribution >= 4 is 10.9 Å². The molecule has 22 heavy (non-hydrogen) atoms. The average Bonchev–Trinajstić information content (AvgIpc) is 2.94. The van der Waals surface area contributed by atoms with Crippen molar-refractivity contribution < 1.29 is 4.74 Å². The van der Waals surface area contributed by atoms with Crippen LogP contribution in [0, 0.1) is 6.92 Å².